The molecule has 1 unspecified atom stereocenters. The van der Waals surface area contributed by atoms with Crippen molar-refractivity contribution in [3.63, 3.8) is 0 Å². The van der Waals surface area contributed by atoms with E-state index in [9.17, 15) is 13.9 Å². The molecule has 1 aliphatic heterocycles. The summed E-state index contributed by atoms with van der Waals surface area (Å²) < 4.78 is 32.5. The minimum absolute atomic E-state index is 0. The van der Waals surface area contributed by atoms with Gasteiger partial charge >= 0.3 is 0 Å². The average Bonchev–Trinajstić information content (AvgIpc) is 2.38. The second-order valence-corrected chi connectivity index (χ2v) is 5.94. The van der Waals surface area contributed by atoms with Crippen molar-refractivity contribution >= 4 is 28.3 Å². The Balaban J connectivity index is 0.00000220. The molecule has 0 amide bonds. The number of rotatable bonds is 5. The third-order valence-electron chi connectivity index (χ3n) is 3.30. The summed E-state index contributed by atoms with van der Waals surface area (Å²) in [4.78, 5) is 2.14. The SMILES string of the molecule is Cl.OC(COc1c(F)cc(Br)cc1F)CN1CCCCC1. The van der Waals surface area contributed by atoms with Crippen LogP contribution in [0, 0.1) is 11.6 Å². The number of aliphatic hydroxyl groups is 1. The molecule has 1 fully saturated rings. The summed E-state index contributed by atoms with van der Waals surface area (Å²) in [6.45, 7) is 2.27. The van der Waals surface area contributed by atoms with Crippen molar-refractivity contribution in [1.82, 2.24) is 4.90 Å². The van der Waals surface area contributed by atoms with E-state index in [4.69, 9.17) is 4.74 Å². The predicted molar refractivity (Wildman–Crippen MR) is 83.1 cm³/mol. The molecule has 0 saturated carbocycles. The summed E-state index contributed by atoms with van der Waals surface area (Å²) in [5.74, 6) is -1.99. The van der Waals surface area contributed by atoms with Gasteiger partial charge in [0.05, 0.1) is 0 Å². The molecular weight excluding hydrogens is 368 g/mol. The van der Waals surface area contributed by atoms with Crippen LogP contribution >= 0.6 is 28.3 Å². The molecular formula is C14H19BrClF2NO2. The zero-order valence-electron chi connectivity index (χ0n) is 11.5. The Labute approximate surface area is 137 Å². The maximum absolute atomic E-state index is 13.5. The van der Waals surface area contributed by atoms with Crippen LogP contribution in [0.3, 0.4) is 0 Å². The first-order valence-corrected chi connectivity index (χ1v) is 7.53. The lowest BCUT2D eigenvalue weighted by atomic mass is 10.1. The molecule has 3 nitrogen and oxygen atoms in total. The van der Waals surface area contributed by atoms with Crippen molar-refractivity contribution in [3.05, 3.63) is 28.2 Å². The number of ether oxygens (including phenoxy) is 1. The molecule has 7 heteroatoms. The van der Waals surface area contributed by atoms with Crippen molar-refractivity contribution in [3.8, 4) is 5.75 Å². The van der Waals surface area contributed by atoms with E-state index in [1.165, 1.54) is 6.42 Å². The number of halogens is 4. The number of benzene rings is 1. The Hall–Kier alpha value is -0.430. The average molecular weight is 387 g/mol. The van der Waals surface area contributed by atoms with E-state index < -0.39 is 23.5 Å². The van der Waals surface area contributed by atoms with Gasteiger partial charge in [0.25, 0.3) is 0 Å². The van der Waals surface area contributed by atoms with Crippen molar-refractivity contribution < 1.29 is 18.6 Å². The molecule has 1 aliphatic rings. The number of likely N-dealkylation sites (tertiary alicyclic amines) is 1. The third-order valence-corrected chi connectivity index (χ3v) is 3.76. The lowest BCUT2D eigenvalue weighted by molar-refractivity contribution is 0.0590. The van der Waals surface area contributed by atoms with Crippen molar-refractivity contribution in [2.24, 2.45) is 0 Å². The van der Waals surface area contributed by atoms with E-state index in [2.05, 4.69) is 20.8 Å². The largest absolute Gasteiger partial charge is 0.485 e. The summed E-state index contributed by atoms with van der Waals surface area (Å²) in [5.41, 5.74) is 0. The lowest BCUT2D eigenvalue weighted by Gasteiger charge is -2.28. The first kappa shape index (κ1) is 18.6. The van der Waals surface area contributed by atoms with Crippen LogP contribution < -0.4 is 4.74 Å². The molecule has 0 aromatic heterocycles. The summed E-state index contributed by atoms with van der Waals surface area (Å²) in [7, 11) is 0. The topological polar surface area (TPSA) is 32.7 Å². The molecule has 0 radical (unpaired) electrons. The third kappa shape index (κ3) is 5.70. The molecule has 0 aliphatic carbocycles. The highest BCUT2D eigenvalue weighted by atomic mass is 79.9. The highest BCUT2D eigenvalue weighted by Crippen LogP contribution is 2.26. The van der Waals surface area contributed by atoms with Gasteiger partial charge in [-0.1, -0.05) is 22.4 Å². The minimum atomic E-state index is -0.776. The molecule has 1 aromatic carbocycles. The van der Waals surface area contributed by atoms with Gasteiger partial charge < -0.3 is 14.7 Å². The number of hydrogen-bond donors (Lipinski definition) is 1. The molecule has 1 heterocycles. The lowest BCUT2D eigenvalue weighted by Crippen LogP contribution is -2.38. The number of aliphatic hydroxyl groups excluding tert-OH is 1. The van der Waals surface area contributed by atoms with Crippen LogP contribution in [0.5, 0.6) is 5.75 Å². The smallest absolute Gasteiger partial charge is 0.190 e. The van der Waals surface area contributed by atoms with Crippen molar-refractivity contribution in [2.45, 2.75) is 25.4 Å². The van der Waals surface area contributed by atoms with Crippen LogP contribution in [0.15, 0.2) is 16.6 Å². The van der Waals surface area contributed by atoms with Crippen LogP contribution in [0.25, 0.3) is 0 Å². The molecule has 21 heavy (non-hydrogen) atoms. The number of nitrogens with zero attached hydrogens (tertiary/aromatic N) is 1. The quantitative estimate of drug-likeness (QED) is 0.842. The zero-order chi connectivity index (χ0) is 14.5. The summed E-state index contributed by atoms with van der Waals surface area (Å²) in [6.07, 6.45) is 2.72. The molecule has 1 atom stereocenters. The van der Waals surface area contributed by atoms with Gasteiger partial charge in [-0.25, -0.2) is 8.78 Å². The Kier molecular flexibility index (Phi) is 7.87. The molecule has 1 aromatic rings. The Morgan fingerprint density at radius 2 is 1.76 bits per heavy atom. The molecule has 0 spiro atoms. The molecule has 0 bridgehead atoms. The van der Waals surface area contributed by atoms with E-state index in [-0.39, 0.29) is 19.0 Å². The van der Waals surface area contributed by atoms with Gasteiger partial charge in [-0.2, -0.15) is 0 Å². The second-order valence-electron chi connectivity index (χ2n) is 5.02. The highest BCUT2D eigenvalue weighted by molar-refractivity contribution is 9.10. The molecule has 2 rings (SSSR count). The van der Waals surface area contributed by atoms with Crippen molar-refractivity contribution in [1.29, 1.82) is 0 Å². The first-order valence-electron chi connectivity index (χ1n) is 6.74. The van der Waals surface area contributed by atoms with Gasteiger partial charge in [0, 0.05) is 11.0 Å². The van der Waals surface area contributed by atoms with E-state index in [0.29, 0.717) is 11.0 Å². The second kappa shape index (κ2) is 8.88. The Bertz CT molecular complexity index is 436. The number of β-amino-alcohol motifs (C(OH)–C–C–N with tert-alkyl or cyclic N) is 1. The highest BCUT2D eigenvalue weighted by Gasteiger charge is 2.17. The van der Waals surface area contributed by atoms with E-state index in [1.807, 2.05) is 0 Å². The maximum atomic E-state index is 13.5. The Morgan fingerprint density at radius 3 is 2.33 bits per heavy atom. The van der Waals surface area contributed by atoms with E-state index in [1.54, 1.807) is 0 Å². The fourth-order valence-electron chi connectivity index (χ4n) is 2.34. The summed E-state index contributed by atoms with van der Waals surface area (Å²) in [5, 5.41) is 9.88. The standard InChI is InChI=1S/C14H18BrF2NO2.ClH/c15-10-6-12(16)14(13(17)7-10)20-9-11(19)8-18-4-2-1-3-5-18;/h6-7,11,19H,1-5,8-9H2;1H. The number of hydrogen-bond acceptors (Lipinski definition) is 3. The van der Waals surface area contributed by atoms with Gasteiger partial charge in [0.15, 0.2) is 17.4 Å². The van der Waals surface area contributed by atoms with Crippen molar-refractivity contribution in [2.75, 3.05) is 26.2 Å². The number of piperidine rings is 1. The zero-order valence-corrected chi connectivity index (χ0v) is 13.9. The fraction of sp³-hybridized carbons (Fsp3) is 0.571. The van der Waals surface area contributed by atoms with Crippen LogP contribution in [0.2, 0.25) is 0 Å². The van der Waals surface area contributed by atoms with Crippen LogP contribution in [-0.2, 0) is 0 Å². The van der Waals surface area contributed by atoms with Crippen LogP contribution in [-0.4, -0.2) is 42.4 Å². The van der Waals surface area contributed by atoms with E-state index >= 15 is 0 Å². The normalized spacial score (nSPS) is 17.1. The predicted octanol–water partition coefficient (Wildman–Crippen LogP) is 3.37. The molecule has 120 valence electrons. The molecule has 1 saturated heterocycles. The molecule has 1 N–H and O–H groups in total. The fourth-order valence-corrected chi connectivity index (χ4v) is 2.74. The summed E-state index contributed by atoms with van der Waals surface area (Å²) >= 11 is 3.00. The summed E-state index contributed by atoms with van der Waals surface area (Å²) in [6, 6.07) is 2.27. The van der Waals surface area contributed by atoms with Gasteiger partial charge in [0.1, 0.15) is 12.7 Å². The minimum Gasteiger partial charge on any atom is -0.485 e. The van der Waals surface area contributed by atoms with Gasteiger partial charge in [-0.05, 0) is 38.1 Å². The monoisotopic (exact) mass is 385 g/mol. The Morgan fingerprint density at radius 1 is 1.19 bits per heavy atom. The first-order chi connectivity index (χ1) is 9.56. The van der Waals surface area contributed by atoms with Crippen LogP contribution in [0.1, 0.15) is 19.3 Å². The van der Waals surface area contributed by atoms with Gasteiger partial charge in [-0.15, -0.1) is 12.4 Å². The van der Waals surface area contributed by atoms with Gasteiger partial charge in [-0.3, -0.25) is 0 Å². The van der Waals surface area contributed by atoms with Crippen LogP contribution in [0.4, 0.5) is 8.78 Å². The van der Waals surface area contributed by atoms with E-state index in [0.717, 1.165) is 38.1 Å². The maximum Gasteiger partial charge on any atom is 0.190 e. The van der Waals surface area contributed by atoms with Gasteiger partial charge in [0.2, 0.25) is 0 Å².